The topological polar surface area (TPSA) is 100 Å². The molecule has 0 fully saturated rings. The molecule has 1 N–H and O–H groups in total. The average molecular weight is 401 g/mol. The van der Waals surface area contributed by atoms with Gasteiger partial charge in [0.2, 0.25) is 6.79 Å². The van der Waals surface area contributed by atoms with Crippen LogP contribution in [0.4, 0.5) is 0 Å². The van der Waals surface area contributed by atoms with E-state index in [0.29, 0.717) is 22.5 Å². The smallest absolute Gasteiger partial charge is 0.283 e. The number of nitrogens with one attached hydrogen (secondary N) is 1. The van der Waals surface area contributed by atoms with E-state index < -0.39 is 11.5 Å². The number of carbonyl (C=O) groups excluding carboxylic acids is 1. The van der Waals surface area contributed by atoms with E-state index in [1.807, 2.05) is 30.3 Å². The second kappa shape index (κ2) is 7.21. The highest BCUT2D eigenvalue weighted by Crippen LogP contribution is 2.32. The van der Waals surface area contributed by atoms with Crippen molar-refractivity contribution in [1.82, 2.24) is 19.4 Å². The lowest BCUT2D eigenvalue weighted by Gasteiger charge is -2.06. The maximum Gasteiger partial charge on any atom is 0.283 e. The van der Waals surface area contributed by atoms with Crippen molar-refractivity contribution in [2.24, 2.45) is 0 Å². The fourth-order valence-corrected chi connectivity index (χ4v) is 3.09. The molecule has 1 amide bonds. The summed E-state index contributed by atoms with van der Waals surface area (Å²) in [5, 5.41) is 4.54. The van der Waals surface area contributed by atoms with Crippen LogP contribution in [0, 0.1) is 0 Å². The predicted octanol–water partition coefficient (Wildman–Crippen LogP) is 2.09. The second-order valence-corrected chi connectivity index (χ2v) is 6.47. The molecule has 3 heterocycles. The molecule has 5 rings (SSSR count). The van der Waals surface area contributed by atoms with Crippen LogP contribution in [0.15, 0.2) is 71.9 Å². The van der Waals surface area contributed by atoms with Crippen LogP contribution in [-0.2, 0) is 4.79 Å². The Balaban J connectivity index is 1.37. The quantitative estimate of drug-likeness (QED) is 0.526. The summed E-state index contributed by atoms with van der Waals surface area (Å²) >= 11 is 0. The number of nitrogens with zero attached hydrogens (tertiary/aromatic N) is 4. The molecule has 9 heteroatoms. The normalized spacial score (nSPS) is 12.5. The van der Waals surface area contributed by atoms with Crippen molar-refractivity contribution < 1.29 is 14.3 Å². The van der Waals surface area contributed by atoms with Crippen LogP contribution in [0.5, 0.6) is 11.5 Å². The molecule has 2 aromatic heterocycles. The molecule has 0 spiro atoms. The highest BCUT2D eigenvalue weighted by Gasteiger charge is 2.13. The van der Waals surface area contributed by atoms with Gasteiger partial charge in [0, 0.05) is 6.08 Å². The second-order valence-electron chi connectivity index (χ2n) is 6.47. The maximum atomic E-state index is 12.7. The van der Waals surface area contributed by atoms with Crippen LogP contribution in [-0.4, -0.2) is 32.1 Å². The Morgan fingerprint density at radius 2 is 1.93 bits per heavy atom. The molecular weight excluding hydrogens is 386 g/mol. The van der Waals surface area contributed by atoms with E-state index in [1.165, 1.54) is 18.6 Å². The number of ether oxygens (including phenoxy) is 2. The minimum atomic E-state index is -0.480. The molecule has 0 bridgehead atoms. The molecule has 0 radical (unpaired) electrons. The van der Waals surface area contributed by atoms with Gasteiger partial charge in [0.25, 0.3) is 11.5 Å². The molecule has 0 saturated carbocycles. The molecule has 0 atom stereocenters. The van der Waals surface area contributed by atoms with Crippen molar-refractivity contribution in [3.63, 3.8) is 0 Å². The lowest BCUT2D eigenvalue weighted by Crippen LogP contribution is -2.32. The van der Waals surface area contributed by atoms with Crippen molar-refractivity contribution in [1.29, 1.82) is 0 Å². The Morgan fingerprint density at radius 3 is 2.80 bits per heavy atom. The summed E-state index contributed by atoms with van der Waals surface area (Å²) < 4.78 is 13.2. The van der Waals surface area contributed by atoms with Crippen molar-refractivity contribution in [2.45, 2.75) is 0 Å². The van der Waals surface area contributed by atoms with Crippen LogP contribution >= 0.6 is 0 Å². The summed E-state index contributed by atoms with van der Waals surface area (Å²) in [5.41, 5.74) is 4.03. The van der Waals surface area contributed by atoms with Gasteiger partial charge >= 0.3 is 0 Å². The number of fused-ring (bicyclic) bond motifs is 2. The lowest BCUT2D eigenvalue weighted by molar-refractivity contribution is -0.112. The molecule has 0 saturated heterocycles. The summed E-state index contributed by atoms with van der Waals surface area (Å²) in [4.78, 5) is 29.3. The third kappa shape index (κ3) is 3.18. The highest BCUT2D eigenvalue weighted by molar-refractivity contribution is 5.97. The fourth-order valence-electron chi connectivity index (χ4n) is 3.09. The van der Waals surface area contributed by atoms with Gasteiger partial charge in [-0.25, -0.2) is 14.3 Å². The third-order valence-corrected chi connectivity index (χ3v) is 4.54. The molecule has 148 valence electrons. The largest absolute Gasteiger partial charge is 0.454 e. The molecule has 0 aliphatic carbocycles. The van der Waals surface area contributed by atoms with Gasteiger partial charge in [-0.3, -0.25) is 15.0 Å². The van der Waals surface area contributed by atoms with Crippen molar-refractivity contribution >= 4 is 23.0 Å². The number of para-hydroxylation sites is 1. The molecule has 9 nitrogen and oxygen atoms in total. The van der Waals surface area contributed by atoms with Gasteiger partial charge in [0.05, 0.1) is 11.9 Å². The standard InChI is InChI=1S/C21H15N5O4/c27-19(9-7-14-6-8-17-18(10-14)30-13-29-17)24-25-12-22-20-16(21(25)28)11-23-26(20)15-4-2-1-3-5-15/h1-12H,13H2,(H,24,27). The van der Waals surface area contributed by atoms with Crippen LogP contribution in [0.3, 0.4) is 0 Å². The van der Waals surface area contributed by atoms with E-state index in [1.54, 1.807) is 29.0 Å². The van der Waals surface area contributed by atoms with Crippen LogP contribution in [0.1, 0.15) is 5.56 Å². The first-order valence-electron chi connectivity index (χ1n) is 9.08. The molecule has 2 aromatic carbocycles. The zero-order valence-electron chi connectivity index (χ0n) is 15.6. The minimum absolute atomic E-state index is 0.183. The number of hydrogen-bond donors (Lipinski definition) is 1. The SMILES string of the molecule is O=C(C=Cc1ccc2c(c1)OCO2)Nn1cnc2c(cnn2-c2ccccc2)c1=O. The number of amides is 1. The Hall–Kier alpha value is -4.40. The molecular formula is C21H15N5O4. The lowest BCUT2D eigenvalue weighted by atomic mass is 10.2. The molecule has 1 aliphatic heterocycles. The van der Waals surface area contributed by atoms with E-state index in [0.717, 1.165) is 15.9 Å². The molecule has 0 unspecified atom stereocenters. The predicted molar refractivity (Wildman–Crippen MR) is 109 cm³/mol. The number of hydrogen-bond acceptors (Lipinski definition) is 6. The minimum Gasteiger partial charge on any atom is -0.454 e. The van der Waals surface area contributed by atoms with Crippen molar-refractivity contribution in [3.05, 3.63) is 83.0 Å². The third-order valence-electron chi connectivity index (χ3n) is 4.54. The fraction of sp³-hybridized carbons (Fsp3) is 0.0476. The summed E-state index contributed by atoms with van der Waals surface area (Å²) in [7, 11) is 0. The Morgan fingerprint density at radius 1 is 1.10 bits per heavy atom. The van der Waals surface area contributed by atoms with Gasteiger partial charge in [-0.2, -0.15) is 5.10 Å². The Labute approximate surface area is 169 Å². The average Bonchev–Trinajstić information content (AvgIpc) is 3.42. The van der Waals surface area contributed by atoms with Gasteiger partial charge in [-0.15, -0.1) is 0 Å². The van der Waals surface area contributed by atoms with E-state index >= 15 is 0 Å². The van der Waals surface area contributed by atoms with Crippen LogP contribution < -0.4 is 20.5 Å². The van der Waals surface area contributed by atoms with Gasteiger partial charge in [0.1, 0.15) is 11.7 Å². The van der Waals surface area contributed by atoms with Crippen molar-refractivity contribution in [2.75, 3.05) is 12.2 Å². The molecule has 1 aliphatic rings. The Kier molecular flexibility index (Phi) is 4.25. The van der Waals surface area contributed by atoms with E-state index in [2.05, 4.69) is 15.5 Å². The summed E-state index contributed by atoms with van der Waals surface area (Å²) in [6.07, 6.45) is 5.63. The summed E-state index contributed by atoms with van der Waals surface area (Å²) in [5.74, 6) is 0.809. The van der Waals surface area contributed by atoms with Gasteiger partial charge < -0.3 is 9.47 Å². The van der Waals surface area contributed by atoms with Gasteiger partial charge in [-0.05, 0) is 35.9 Å². The summed E-state index contributed by atoms with van der Waals surface area (Å²) in [6, 6.07) is 14.7. The molecule has 30 heavy (non-hydrogen) atoms. The van der Waals surface area contributed by atoms with E-state index in [9.17, 15) is 9.59 Å². The monoisotopic (exact) mass is 401 g/mol. The summed E-state index contributed by atoms with van der Waals surface area (Å²) in [6.45, 7) is 0.183. The van der Waals surface area contributed by atoms with Gasteiger partial charge in [0.15, 0.2) is 17.1 Å². The molecule has 4 aromatic rings. The first-order valence-corrected chi connectivity index (χ1v) is 9.08. The maximum absolute atomic E-state index is 12.7. The highest BCUT2D eigenvalue weighted by atomic mass is 16.7. The van der Waals surface area contributed by atoms with E-state index in [-0.39, 0.29) is 6.79 Å². The van der Waals surface area contributed by atoms with Crippen molar-refractivity contribution in [3.8, 4) is 17.2 Å². The Bertz CT molecular complexity index is 1340. The van der Waals surface area contributed by atoms with E-state index in [4.69, 9.17) is 9.47 Å². The zero-order chi connectivity index (χ0) is 20.5. The van der Waals surface area contributed by atoms with Crippen LogP contribution in [0.25, 0.3) is 22.8 Å². The number of rotatable bonds is 4. The van der Waals surface area contributed by atoms with Gasteiger partial charge in [-0.1, -0.05) is 24.3 Å². The number of benzene rings is 2. The first kappa shape index (κ1) is 17.7. The first-order chi connectivity index (χ1) is 14.7. The zero-order valence-corrected chi connectivity index (χ0v) is 15.6. The van der Waals surface area contributed by atoms with Crippen LogP contribution in [0.2, 0.25) is 0 Å². The number of aromatic nitrogens is 4. The number of carbonyl (C=O) groups is 1.